The number of anilines is 1. The number of amides is 1. The number of fused-ring (bicyclic) bond motifs is 1. The Bertz CT molecular complexity index is 886. The van der Waals surface area contributed by atoms with E-state index in [0.29, 0.717) is 5.52 Å². The number of aryl methyl sites for hydroxylation is 1. The summed E-state index contributed by atoms with van der Waals surface area (Å²) in [5.41, 5.74) is -0.568. The van der Waals surface area contributed by atoms with Crippen molar-refractivity contribution < 1.29 is 13.7 Å². The SMILES string of the molecule is Cn1nc(C(=O)Nc2ccon2)c(=O)c2cc(F)ccc21. The van der Waals surface area contributed by atoms with E-state index in [0.717, 1.165) is 6.07 Å². The van der Waals surface area contributed by atoms with E-state index in [9.17, 15) is 14.0 Å². The topological polar surface area (TPSA) is 90.0 Å². The van der Waals surface area contributed by atoms with Crippen LogP contribution < -0.4 is 10.7 Å². The van der Waals surface area contributed by atoms with Crippen LogP contribution >= 0.6 is 0 Å². The van der Waals surface area contributed by atoms with Gasteiger partial charge in [-0.3, -0.25) is 14.3 Å². The van der Waals surface area contributed by atoms with Crippen molar-refractivity contribution in [2.45, 2.75) is 0 Å². The number of halogens is 1. The minimum Gasteiger partial charge on any atom is -0.363 e. The maximum Gasteiger partial charge on any atom is 0.281 e. The second-order valence-electron chi connectivity index (χ2n) is 4.30. The molecule has 21 heavy (non-hydrogen) atoms. The Morgan fingerprint density at radius 1 is 1.38 bits per heavy atom. The first-order valence-electron chi connectivity index (χ1n) is 5.94. The largest absolute Gasteiger partial charge is 0.363 e. The van der Waals surface area contributed by atoms with Crippen molar-refractivity contribution in [2.24, 2.45) is 7.05 Å². The van der Waals surface area contributed by atoms with Crippen LogP contribution in [0.1, 0.15) is 10.5 Å². The van der Waals surface area contributed by atoms with Crippen molar-refractivity contribution in [1.82, 2.24) is 14.9 Å². The van der Waals surface area contributed by atoms with Gasteiger partial charge in [-0.05, 0) is 18.2 Å². The lowest BCUT2D eigenvalue weighted by molar-refractivity contribution is 0.101. The van der Waals surface area contributed by atoms with E-state index >= 15 is 0 Å². The maximum atomic E-state index is 13.3. The van der Waals surface area contributed by atoms with Crippen LogP contribution in [-0.2, 0) is 7.05 Å². The smallest absolute Gasteiger partial charge is 0.281 e. The summed E-state index contributed by atoms with van der Waals surface area (Å²) in [5.74, 6) is -1.15. The number of carbonyl (C=O) groups excluding carboxylic acids is 1. The lowest BCUT2D eigenvalue weighted by atomic mass is 10.2. The van der Waals surface area contributed by atoms with Gasteiger partial charge in [-0.15, -0.1) is 0 Å². The third-order valence-electron chi connectivity index (χ3n) is 2.91. The van der Waals surface area contributed by atoms with Crippen LogP contribution in [0.25, 0.3) is 10.9 Å². The summed E-state index contributed by atoms with van der Waals surface area (Å²) in [7, 11) is 1.56. The lowest BCUT2D eigenvalue weighted by Gasteiger charge is -2.07. The van der Waals surface area contributed by atoms with Crippen molar-refractivity contribution in [3.8, 4) is 0 Å². The molecule has 2 aromatic heterocycles. The van der Waals surface area contributed by atoms with Gasteiger partial charge in [0.25, 0.3) is 5.91 Å². The summed E-state index contributed by atoms with van der Waals surface area (Å²) in [6, 6.07) is 5.15. The first-order valence-corrected chi connectivity index (χ1v) is 5.94. The average molecular weight is 288 g/mol. The normalized spacial score (nSPS) is 10.8. The predicted molar refractivity (Wildman–Crippen MR) is 71.4 cm³/mol. The van der Waals surface area contributed by atoms with E-state index in [1.54, 1.807) is 7.05 Å². The molecule has 1 aromatic carbocycles. The summed E-state index contributed by atoms with van der Waals surface area (Å²) in [6.45, 7) is 0. The highest BCUT2D eigenvalue weighted by Crippen LogP contribution is 2.11. The lowest BCUT2D eigenvalue weighted by Crippen LogP contribution is -2.26. The third-order valence-corrected chi connectivity index (χ3v) is 2.91. The van der Waals surface area contributed by atoms with Crippen LogP contribution in [-0.4, -0.2) is 20.8 Å². The number of nitrogens with zero attached hydrogens (tertiary/aromatic N) is 3. The number of rotatable bonds is 2. The number of aromatic nitrogens is 3. The third kappa shape index (κ3) is 2.27. The molecule has 1 amide bonds. The zero-order valence-corrected chi connectivity index (χ0v) is 10.8. The van der Waals surface area contributed by atoms with Gasteiger partial charge in [0.15, 0.2) is 11.5 Å². The first-order chi connectivity index (χ1) is 10.1. The molecule has 0 radical (unpaired) electrons. The summed E-state index contributed by atoms with van der Waals surface area (Å²) < 4.78 is 19.2. The molecule has 0 aliphatic carbocycles. The van der Waals surface area contributed by atoms with Gasteiger partial charge in [-0.2, -0.15) is 5.10 Å². The fraction of sp³-hybridized carbons (Fsp3) is 0.0769. The molecule has 7 nitrogen and oxygen atoms in total. The molecule has 0 saturated carbocycles. The Kier molecular flexibility index (Phi) is 2.98. The van der Waals surface area contributed by atoms with Crippen LogP contribution in [0.15, 0.2) is 39.8 Å². The van der Waals surface area contributed by atoms with Crippen LogP contribution in [0.5, 0.6) is 0 Å². The van der Waals surface area contributed by atoms with Crippen molar-refractivity contribution >= 4 is 22.6 Å². The Morgan fingerprint density at radius 3 is 2.90 bits per heavy atom. The molecule has 0 spiro atoms. The van der Waals surface area contributed by atoms with E-state index < -0.39 is 17.2 Å². The van der Waals surface area contributed by atoms with Gasteiger partial charge in [0, 0.05) is 13.1 Å². The summed E-state index contributed by atoms with van der Waals surface area (Å²) in [5, 5.41) is 9.88. The number of carbonyl (C=O) groups is 1. The second-order valence-corrected chi connectivity index (χ2v) is 4.30. The Morgan fingerprint density at radius 2 is 2.19 bits per heavy atom. The predicted octanol–water partition coefficient (Wildman–Crippen LogP) is 1.31. The van der Waals surface area contributed by atoms with Gasteiger partial charge in [-0.25, -0.2) is 4.39 Å². The maximum absolute atomic E-state index is 13.3. The molecule has 0 unspecified atom stereocenters. The first kappa shape index (κ1) is 13.0. The molecule has 2 heterocycles. The number of nitrogens with one attached hydrogen (secondary N) is 1. The van der Waals surface area contributed by atoms with E-state index in [-0.39, 0.29) is 16.9 Å². The standard InChI is InChI=1S/C13H9FN4O3/c1-18-9-3-2-7(14)6-8(9)12(19)11(16-18)13(20)15-10-4-5-21-17-10/h2-6H,1H3,(H,15,17,20). The van der Waals surface area contributed by atoms with Crippen molar-refractivity contribution in [1.29, 1.82) is 0 Å². The zero-order chi connectivity index (χ0) is 15.0. The molecule has 106 valence electrons. The van der Waals surface area contributed by atoms with Crippen LogP contribution in [0.2, 0.25) is 0 Å². The van der Waals surface area contributed by atoms with Crippen molar-refractivity contribution in [3.63, 3.8) is 0 Å². The fourth-order valence-electron chi connectivity index (χ4n) is 1.95. The van der Waals surface area contributed by atoms with Crippen LogP contribution in [0, 0.1) is 5.82 Å². The Balaban J connectivity index is 2.13. The number of hydrogen-bond donors (Lipinski definition) is 1. The summed E-state index contributed by atoms with van der Waals surface area (Å²) in [4.78, 5) is 24.3. The molecule has 0 aliphatic heterocycles. The van der Waals surface area contributed by atoms with E-state index in [1.165, 1.54) is 29.1 Å². The van der Waals surface area contributed by atoms with E-state index in [4.69, 9.17) is 0 Å². The minimum atomic E-state index is -0.740. The number of benzene rings is 1. The van der Waals surface area contributed by atoms with Crippen LogP contribution in [0.3, 0.4) is 0 Å². The summed E-state index contributed by atoms with van der Waals surface area (Å²) >= 11 is 0. The van der Waals surface area contributed by atoms with Gasteiger partial charge in [0.05, 0.1) is 10.9 Å². The molecule has 3 aromatic rings. The molecule has 0 fully saturated rings. The average Bonchev–Trinajstić information content (AvgIpc) is 2.95. The second kappa shape index (κ2) is 4.82. The van der Waals surface area contributed by atoms with Crippen LogP contribution in [0.4, 0.5) is 10.2 Å². The highest BCUT2D eigenvalue weighted by atomic mass is 19.1. The number of hydrogen-bond acceptors (Lipinski definition) is 5. The zero-order valence-electron chi connectivity index (χ0n) is 10.8. The molecular weight excluding hydrogens is 279 g/mol. The molecule has 1 N–H and O–H groups in total. The van der Waals surface area contributed by atoms with Gasteiger partial charge in [-0.1, -0.05) is 5.16 Å². The molecule has 8 heteroatoms. The van der Waals surface area contributed by atoms with Gasteiger partial charge in [0.2, 0.25) is 5.43 Å². The molecule has 0 atom stereocenters. The van der Waals surface area contributed by atoms with Crippen molar-refractivity contribution in [3.05, 3.63) is 52.3 Å². The highest BCUT2D eigenvalue weighted by molar-refractivity contribution is 6.03. The Hall–Kier alpha value is -3.03. The summed E-state index contributed by atoms with van der Waals surface area (Å²) in [6.07, 6.45) is 1.27. The van der Waals surface area contributed by atoms with E-state index in [1.807, 2.05) is 0 Å². The molecule has 0 saturated heterocycles. The van der Waals surface area contributed by atoms with Crippen molar-refractivity contribution in [2.75, 3.05) is 5.32 Å². The van der Waals surface area contributed by atoms with Gasteiger partial charge < -0.3 is 9.84 Å². The molecule has 0 bridgehead atoms. The Labute approximate surface area is 117 Å². The monoisotopic (exact) mass is 288 g/mol. The fourth-order valence-corrected chi connectivity index (χ4v) is 1.95. The quantitative estimate of drug-likeness (QED) is 0.768. The minimum absolute atomic E-state index is 0.0813. The molecule has 3 rings (SSSR count). The van der Waals surface area contributed by atoms with Gasteiger partial charge in [0.1, 0.15) is 12.1 Å². The van der Waals surface area contributed by atoms with E-state index in [2.05, 4.69) is 20.1 Å². The van der Waals surface area contributed by atoms with Gasteiger partial charge >= 0.3 is 0 Å². The highest BCUT2D eigenvalue weighted by Gasteiger charge is 2.17. The molecule has 0 aliphatic rings. The molecular formula is C13H9FN4O3.